The Morgan fingerprint density at radius 1 is 1.36 bits per heavy atom. The van der Waals surface area contributed by atoms with Gasteiger partial charge in [-0.2, -0.15) is 0 Å². The fourth-order valence-corrected chi connectivity index (χ4v) is 1.94. The van der Waals surface area contributed by atoms with Gasteiger partial charge in [0.25, 0.3) is 11.6 Å². The van der Waals surface area contributed by atoms with Gasteiger partial charge in [-0.3, -0.25) is 14.9 Å². The highest BCUT2D eigenvalue weighted by Gasteiger charge is 2.26. The Morgan fingerprint density at radius 2 is 1.95 bits per heavy atom. The molecule has 0 aliphatic carbocycles. The Bertz CT molecular complexity index is 612. The van der Waals surface area contributed by atoms with E-state index in [-0.39, 0.29) is 22.9 Å². The van der Waals surface area contributed by atoms with E-state index in [0.29, 0.717) is 5.56 Å². The van der Waals surface area contributed by atoms with Crippen LogP contribution in [0.25, 0.3) is 0 Å². The van der Waals surface area contributed by atoms with Crippen LogP contribution in [-0.4, -0.2) is 35.1 Å². The summed E-state index contributed by atoms with van der Waals surface area (Å²) < 4.78 is 5.03. The number of methoxy groups -OCH3 is 1. The lowest BCUT2D eigenvalue weighted by atomic mass is 10.0. The van der Waals surface area contributed by atoms with E-state index >= 15 is 0 Å². The van der Waals surface area contributed by atoms with Crippen molar-refractivity contribution in [1.82, 2.24) is 5.32 Å². The maximum absolute atomic E-state index is 12.2. The number of benzene rings is 1. The third kappa shape index (κ3) is 3.72. The number of carboxylic acid groups (broad SMARTS) is 1. The number of hydrogen-bond acceptors (Lipinski definition) is 5. The van der Waals surface area contributed by atoms with Crippen LogP contribution >= 0.6 is 0 Å². The Morgan fingerprint density at radius 3 is 2.36 bits per heavy atom. The number of carbonyl (C=O) groups excluding carboxylic acids is 1. The van der Waals surface area contributed by atoms with Crippen molar-refractivity contribution in [3.63, 3.8) is 0 Å². The van der Waals surface area contributed by atoms with Gasteiger partial charge < -0.3 is 15.2 Å². The summed E-state index contributed by atoms with van der Waals surface area (Å²) in [5.41, 5.74) is 0.00432. The van der Waals surface area contributed by atoms with Gasteiger partial charge in [-0.25, -0.2) is 4.79 Å². The maximum Gasteiger partial charge on any atom is 0.326 e. The molecule has 1 amide bonds. The van der Waals surface area contributed by atoms with Crippen LogP contribution in [0, 0.1) is 23.0 Å². The molecule has 1 atom stereocenters. The van der Waals surface area contributed by atoms with E-state index in [1.807, 2.05) is 0 Å². The number of nitro benzene ring substituents is 1. The summed E-state index contributed by atoms with van der Waals surface area (Å²) in [6.45, 7) is 4.81. The summed E-state index contributed by atoms with van der Waals surface area (Å²) in [4.78, 5) is 33.7. The molecule has 0 aromatic heterocycles. The van der Waals surface area contributed by atoms with Crippen LogP contribution in [0.5, 0.6) is 5.75 Å². The van der Waals surface area contributed by atoms with Crippen molar-refractivity contribution in [3.8, 4) is 5.75 Å². The molecule has 0 bridgehead atoms. The molecule has 1 aromatic carbocycles. The van der Waals surface area contributed by atoms with Crippen molar-refractivity contribution in [1.29, 1.82) is 0 Å². The van der Waals surface area contributed by atoms with Gasteiger partial charge in [0.1, 0.15) is 11.8 Å². The molecule has 120 valence electrons. The van der Waals surface area contributed by atoms with E-state index in [4.69, 9.17) is 9.84 Å². The quantitative estimate of drug-likeness (QED) is 0.610. The number of nitro groups is 1. The zero-order chi connectivity index (χ0) is 17.0. The minimum atomic E-state index is -1.17. The van der Waals surface area contributed by atoms with Gasteiger partial charge in [-0.15, -0.1) is 0 Å². The molecule has 0 aliphatic rings. The van der Waals surface area contributed by atoms with E-state index in [2.05, 4.69) is 5.32 Å². The van der Waals surface area contributed by atoms with Gasteiger partial charge in [-0.05, 0) is 18.9 Å². The number of nitrogens with zero attached hydrogens (tertiary/aromatic N) is 1. The number of hydrogen-bond donors (Lipinski definition) is 2. The highest BCUT2D eigenvalue weighted by Crippen LogP contribution is 2.29. The second-order valence-corrected chi connectivity index (χ2v) is 5.11. The third-order valence-electron chi connectivity index (χ3n) is 3.23. The molecule has 1 rings (SSSR count). The average Bonchev–Trinajstić information content (AvgIpc) is 2.43. The molecule has 0 saturated heterocycles. The lowest BCUT2D eigenvalue weighted by molar-refractivity contribution is -0.385. The van der Waals surface area contributed by atoms with E-state index in [1.54, 1.807) is 13.8 Å². The number of carboxylic acids is 1. The number of aliphatic carboxylic acids is 1. The number of carbonyl (C=O) groups is 2. The molecule has 0 fully saturated rings. The van der Waals surface area contributed by atoms with E-state index in [9.17, 15) is 19.7 Å². The summed E-state index contributed by atoms with van der Waals surface area (Å²) >= 11 is 0. The standard InChI is InChI=1S/C14H18N2O6/c1-7(2)12(14(18)19)15-13(17)9-5-10(16(20)21)8(3)11(6-9)22-4/h5-7,12H,1-4H3,(H,15,17)(H,18,19)/t12-/m1/s1. The topological polar surface area (TPSA) is 119 Å². The molecule has 2 N–H and O–H groups in total. The molecule has 1 aromatic rings. The predicted molar refractivity (Wildman–Crippen MR) is 78.1 cm³/mol. The molecule has 0 spiro atoms. The lowest BCUT2D eigenvalue weighted by Crippen LogP contribution is -2.44. The summed E-state index contributed by atoms with van der Waals surface area (Å²) in [6, 6.07) is 1.36. The number of amides is 1. The average molecular weight is 310 g/mol. The van der Waals surface area contributed by atoms with Crippen LogP contribution < -0.4 is 10.1 Å². The largest absolute Gasteiger partial charge is 0.496 e. The van der Waals surface area contributed by atoms with Gasteiger partial charge >= 0.3 is 5.97 Å². The molecule has 0 aliphatic heterocycles. The number of nitrogens with one attached hydrogen (secondary N) is 1. The first kappa shape index (κ1) is 17.4. The number of ether oxygens (including phenoxy) is 1. The second-order valence-electron chi connectivity index (χ2n) is 5.11. The van der Waals surface area contributed by atoms with Crippen molar-refractivity contribution in [2.24, 2.45) is 5.92 Å². The van der Waals surface area contributed by atoms with Crippen LogP contribution in [-0.2, 0) is 4.79 Å². The molecule has 0 saturated carbocycles. The van der Waals surface area contributed by atoms with Gasteiger partial charge in [0.2, 0.25) is 0 Å². The van der Waals surface area contributed by atoms with Crippen LogP contribution in [0.15, 0.2) is 12.1 Å². The van der Waals surface area contributed by atoms with Crippen molar-refractivity contribution in [2.75, 3.05) is 7.11 Å². The SMILES string of the molecule is COc1cc(C(=O)N[C@@H](C(=O)O)C(C)C)cc([N+](=O)[O-])c1C. The fraction of sp³-hybridized carbons (Fsp3) is 0.429. The minimum absolute atomic E-state index is 0.0268. The smallest absolute Gasteiger partial charge is 0.326 e. The minimum Gasteiger partial charge on any atom is -0.496 e. The van der Waals surface area contributed by atoms with Crippen molar-refractivity contribution >= 4 is 17.6 Å². The van der Waals surface area contributed by atoms with Gasteiger partial charge in [0.05, 0.1) is 17.6 Å². The van der Waals surface area contributed by atoms with Gasteiger partial charge in [-0.1, -0.05) is 13.8 Å². The molecule has 22 heavy (non-hydrogen) atoms. The summed E-state index contributed by atoms with van der Waals surface area (Å²) in [7, 11) is 1.34. The van der Waals surface area contributed by atoms with E-state index < -0.39 is 22.8 Å². The molecule has 0 unspecified atom stereocenters. The second kappa shape index (κ2) is 6.88. The third-order valence-corrected chi connectivity index (χ3v) is 3.23. The predicted octanol–water partition coefficient (Wildman–Crippen LogP) is 1.75. The van der Waals surface area contributed by atoms with Crippen molar-refractivity contribution < 1.29 is 24.4 Å². The Labute approximate surface area is 127 Å². The van der Waals surface area contributed by atoms with Gasteiger partial charge in [0.15, 0.2) is 0 Å². The van der Waals surface area contributed by atoms with Crippen LogP contribution in [0.1, 0.15) is 29.8 Å². The van der Waals surface area contributed by atoms with Gasteiger partial charge in [0, 0.05) is 11.6 Å². The normalized spacial score (nSPS) is 11.9. The van der Waals surface area contributed by atoms with Crippen molar-refractivity contribution in [3.05, 3.63) is 33.4 Å². The Balaban J connectivity index is 3.20. The monoisotopic (exact) mass is 310 g/mol. The molecule has 0 heterocycles. The number of rotatable bonds is 6. The highest BCUT2D eigenvalue weighted by atomic mass is 16.6. The fourth-order valence-electron chi connectivity index (χ4n) is 1.94. The Kier molecular flexibility index (Phi) is 5.44. The van der Waals surface area contributed by atoms with Crippen molar-refractivity contribution in [2.45, 2.75) is 26.8 Å². The summed E-state index contributed by atoms with van der Waals surface area (Å²) in [6.07, 6.45) is 0. The molecule has 0 radical (unpaired) electrons. The zero-order valence-electron chi connectivity index (χ0n) is 12.7. The summed E-state index contributed by atoms with van der Waals surface area (Å²) in [5.74, 6) is -2.01. The van der Waals surface area contributed by atoms with Crippen LogP contribution in [0.2, 0.25) is 0 Å². The van der Waals surface area contributed by atoms with Crippen LogP contribution in [0.3, 0.4) is 0 Å². The first-order valence-electron chi connectivity index (χ1n) is 6.55. The first-order valence-corrected chi connectivity index (χ1v) is 6.55. The maximum atomic E-state index is 12.2. The molecule has 8 nitrogen and oxygen atoms in total. The zero-order valence-corrected chi connectivity index (χ0v) is 12.7. The molecular weight excluding hydrogens is 292 g/mol. The van der Waals surface area contributed by atoms with Crippen LogP contribution in [0.4, 0.5) is 5.69 Å². The Hall–Kier alpha value is -2.64. The van der Waals surface area contributed by atoms with E-state index in [0.717, 1.165) is 6.07 Å². The molecular formula is C14H18N2O6. The van der Waals surface area contributed by atoms with E-state index in [1.165, 1.54) is 20.1 Å². The summed E-state index contributed by atoms with van der Waals surface area (Å²) in [5, 5.41) is 22.5. The molecule has 8 heteroatoms. The lowest BCUT2D eigenvalue weighted by Gasteiger charge is -2.18. The highest BCUT2D eigenvalue weighted by molar-refractivity contribution is 5.97. The first-order chi connectivity index (χ1) is 10.2.